The van der Waals surface area contributed by atoms with Gasteiger partial charge in [0.15, 0.2) is 5.78 Å². The largest absolute Gasteiger partial charge is 0.297 e. The third-order valence-corrected chi connectivity index (χ3v) is 9.76. The summed E-state index contributed by atoms with van der Waals surface area (Å²) < 4.78 is 1.71. The van der Waals surface area contributed by atoms with Crippen LogP contribution in [0, 0.1) is 40.4 Å². The number of fused-ring (bicyclic) bond motifs is 5. The van der Waals surface area contributed by atoms with E-state index in [0.717, 1.165) is 30.1 Å². The van der Waals surface area contributed by atoms with Crippen LogP contribution in [-0.4, -0.2) is 20.8 Å². The van der Waals surface area contributed by atoms with Crippen molar-refractivity contribution in [3.05, 3.63) is 12.4 Å². The van der Waals surface area contributed by atoms with Crippen molar-refractivity contribution in [1.29, 1.82) is 0 Å². The molecule has 0 amide bonds. The summed E-state index contributed by atoms with van der Waals surface area (Å²) in [6.07, 6.45) is 17.2. The zero-order valence-electron chi connectivity index (χ0n) is 17.1. The highest BCUT2D eigenvalue weighted by Crippen LogP contribution is 2.67. The first-order valence-corrected chi connectivity index (χ1v) is 11.4. The van der Waals surface area contributed by atoms with Gasteiger partial charge >= 0.3 is 0 Å². The SMILES string of the molecule is C[C@]12CCCC[C@H]1CC[C@@H]1[C@@H]2CC[C@]2(C)[C@@H](C(=O)Cn3ccnn3)CC[C@@H]12. The molecular formula is C23H35N3O. The Bertz CT molecular complexity index is 700. The molecule has 1 aromatic heterocycles. The van der Waals surface area contributed by atoms with Gasteiger partial charge in [0, 0.05) is 12.1 Å². The van der Waals surface area contributed by atoms with Crippen LogP contribution in [-0.2, 0) is 11.3 Å². The van der Waals surface area contributed by atoms with Gasteiger partial charge in [-0.15, -0.1) is 5.10 Å². The highest BCUT2D eigenvalue weighted by atomic mass is 16.1. The number of carbonyl (C=O) groups is 1. The van der Waals surface area contributed by atoms with Gasteiger partial charge < -0.3 is 0 Å². The lowest BCUT2D eigenvalue weighted by atomic mass is 9.45. The van der Waals surface area contributed by atoms with Crippen LogP contribution in [0.1, 0.15) is 78.1 Å². The molecule has 0 bridgehead atoms. The molecular weight excluding hydrogens is 334 g/mol. The van der Waals surface area contributed by atoms with Crippen LogP contribution >= 0.6 is 0 Å². The average molecular weight is 370 g/mol. The summed E-state index contributed by atoms with van der Waals surface area (Å²) in [5.74, 6) is 4.14. The smallest absolute Gasteiger partial charge is 0.157 e. The molecule has 0 spiro atoms. The standard InChI is InChI=1S/C23H35N3O/c1-22-11-4-3-5-16(22)6-7-17-18-8-9-20(23(18,2)12-10-19(17)22)21(27)15-26-14-13-24-25-26/h13-14,16-20H,3-12,15H2,1-2H3/t16-,17-,18-,19-,20+,22-,23-/m0/s1. The van der Waals surface area contributed by atoms with Crippen LogP contribution in [0.15, 0.2) is 12.4 Å². The minimum atomic E-state index is 0.219. The molecule has 1 heterocycles. The Morgan fingerprint density at radius 2 is 1.85 bits per heavy atom. The molecule has 0 N–H and O–H groups in total. The van der Waals surface area contributed by atoms with Crippen molar-refractivity contribution in [2.75, 3.05) is 0 Å². The third kappa shape index (κ3) is 2.65. The summed E-state index contributed by atoms with van der Waals surface area (Å²) in [6, 6.07) is 0. The summed E-state index contributed by atoms with van der Waals surface area (Å²) in [7, 11) is 0. The lowest BCUT2D eigenvalue weighted by Crippen LogP contribution is -2.53. The van der Waals surface area contributed by atoms with E-state index < -0.39 is 0 Å². The predicted molar refractivity (Wildman–Crippen MR) is 105 cm³/mol. The zero-order chi connectivity index (χ0) is 18.6. The maximum absolute atomic E-state index is 13.1. The maximum atomic E-state index is 13.1. The molecule has 1 aromatic rings. The van der Waals surface area contributed by atoms with Crippen molar-refractivity contribution in [3.8, 4) is 0 Å². The maximum Gasteiger partial charge on any atom is 0.157 e. The molecule has 0 aliphatic heterocycles. The molecule has 4 heteroatoms. The second-order valence-corrected chi connectivity index (χ2v) is 10.6. The summed E-state index contributed by atoms with van der Waals surface area (Å²) >= 11 is 0. The van der Waals surface area contributed by atoms with Gasteiger partial charge in [0.2, 0.25) is 0 Å². The Hall–Kier alpha value is -1.19. The molecule has 0 aromatic carbocycles. The molecule has 4 aliphatic carbocycles. The Balaban J connectivity index is 1.37. The number of hydrogen-bond donors (Lipinski definition) is 0. The van der Waals surface area contributed by atoms with Crippen LogP contribution in [0.4, 0.5) is 0 Å². The molecule has 4 nitrogen and oxygen atoms in total. The average Bonchev–Trinajstić information content (AvgIpc) is 3.28. The molecule has 0 saturated heterocycles. The number of nitrogens with zero attached hydrogens (tertiary/aromatic N) is 3. The van der Waals surface area contributed by atoms with E-state index in [9.17, 15) is 4.79 Å². The van der Waals surface area contributed by atoms with E-state index in [1.165, 1.54) is 57.8 Å². The fourth-order valence-electron chi connectivity index (χ4n) is 8.41. The highest BCUT2D eigenvalue weighted by molar-refractivity contribution is 5.82. The summed E-state index contributed by atoms with van der Waals surface area (Å²) in [5, 5.41) is 7.88. The quantitative estimate of drug-likeness (QED) is 0.761. The molecule has 5 rings (SSSR count). The molecule has 4 saturated carbocycles. The first-order valence-electron chi connectivity index (χ1n) is 11.4. The lowest BCUT2D eigenvalue weighted by molar-refractivity contribution is -0.135. The van der Waals surface area contributed by atoms with Crippen LogP contribution < -0.4 is 0 Å². The fraction of sp³-hybridized carbons (Fsp3) is 0.870. The van der Waals surface area contributed by atoms with Gasteiger partial charge in [-0.3, -0.25) is 4.79 Å². The van der Waals surface area contributed by atoms with Crippen LogP contribution in [0.25, 0.3) is 0 Å². The lowest BCUT2D eigenvalue weighted by Gasteiger charge is -2.60. The predicted octanol–water partition coefficient (Wildman–Crippen LogP) is 4.90. The minimum absolute atomic E-state index is 0.219. The van der Waals surface area contributed by atoms with E-state index in [4.69, 9.17) is 0 Å². The van der Waals surface area contributed by atoms with E-state index in [0.29, 0.717) is 17.7 Å². The molecule has 27 heavy (non-hydrogen) atoms. The molecule has 7 atom stereocenters. The molecule has 148 valence electrons. The van der Waals surface area contributed by atoms with Gasteiger partial charge in [-0.05, 0) is 85.9 Å². The van der Waals surface area contributed by atoms with Crippen molar-refractivity contribution >= 4 is 5.78 Å². The normalized spacial score (nSPS) is 46.4. The topological polar surface area (TPSA) is 47.8 Å². The van der Waals surface area contributed by atoms with E-state index in [2.05, 4.69) is 24.2 Å². The number of carbonyl (C=O) groups excluding carboxylic acids is 1. The van der Waals surface area contributed by atoms with Gasteiger partial charge in [0.25, 0.3) is 0 Å². The van der Waals surface area contributed by atoms with Gasteiger partial charge in [-0.25, -0.2) is 4.68 Å². The number of Topliss-reactive ketones (excluding diaryl/α,β-unsaturated/α-hetero) is 1. The zero-order valence-corrected chi connectivity index (χ0v) is 17.1. The Kier molecular flexibility index (Phi) is 4.25. The number of hydrogen-bond acceptors (Lipinski definition) is 3. The molecule has 4 fully saturated rings. The van der Waals surface area contributed by atoms with Crippen LogP contribution in [0.2, 0.25) is 0 Å². The minimum Gasteiger partial charge on any atom is -0.297 e. The van der Waals surface area contributed by atoms with E-state index in [-0.39, 0.29) is 11.3 Å². The summed E-state index contributed by atoms with van der Waals surface area (Å²) in [5.41, 5.74) is 0.808. The van der Waals surface area contributed by atoms with E-state index >= 15 is 0 Å². The summed E-state index contributed by atoms with van der Waals surface area (Å²) in [6.45, 7) is 5.50. The highest BCUT2D eigenvalue weighted by Gasteiger charge is 2.60. The van der Waals surface area contributed by atoms with Gasteiger partial charge in [0.05, 0.1) is 6.20 Å². The van der Waals surface area contributed by atoms with Crippen molar-refractivity contribution in [2.24, 2.45) is 40.4 Å². The van der Waals surface area contributed by atoms with Crippen molar-refractivity contribution < 1.29 is 4.79 Å². The first-order chi connectivity index (χ1) is 13.0. The van der Waals surface area contributed by atoms with Gasteiger partial charge in [-0.2, -0.15) is 0 Å². The van der Waals surface area contributed by atoms with Crippen molar-refractivity contribution in [2.45, 2.75) is 84.6 Å². The fourth-order valence-corrected chi connectivity index (χ4v) is 8.41. The Morgan fingerprint density at radius 1 is 1.00 bits per heavy atom. The second kappa shape index (κ2) is 6.42. The number of ketones is 1. The van der Waals surface area contributed by atoms with Crippen LogP contribution in [0.3, 0.4) is 0 Å². The second-order valence-electron chi connectivity index (χ2n) is 10.6. The van der Waals surface area contributed by atoms with E-state index in [1.54, 1.807) is 10.9 Å². The van der Waals surface area contributed by atoms with Crippen LogP contribution in [0.5, 0.6) is 0 Å². The molecule has 0 unspecified atom stereocenters. The third-order valence-electron chi connectivity index (χ3n) is 9.76. The first kappa shape index (κ1) is 17.9. The van der Waals surface area contributed by atoms with Crippen molar-refractivity contribution in [1.82, 2.24) is 15.0 Å². The molecule has 4 aliphatic rings. The number of aromatic nitrogens is 3. The molecule has 0 radical (unpaired) electrons. The van der Waals surface area contributed by atoms with Gasteiger partial charge in [0.1, 0.15) is 6.54 Å². The monoisotopic (exact) mass is 369 g/mol. The summed E-state index contributed by atoms with van der Waals surface area (Å²) in [4.78, 5) is 13.1. The van der Waals surface area contributed by atoms with E-state index in [1.807, 2.05) is 6.20 Å². The van der Waals surface area contributed by atoms with Gasteiger partial charge in [-0.1, -0.05) is 31.9 Å². The van der Waals surface area contributed by atoms with Crippen molar-refractivity contribution in [3.63, 3.8) is 0 Å². The number of rotatable bonds is 3. The Morgan fingerprint density at radius 3 is 2.67 bits per heavy atom. The Labute approximate surface area is 163 Å².